The Labute approximate surface area is 108 Å². The van der Waals surface area contributed by atoms with Gasteiger partial charge in [-0.15, -0.1) is 0 Å². The minimum Gasteiger partial charge on any atom is -0.283 e. The summed E-state index contributed by atoms with van der Waals surface area (Å²) in [5.74, 6) is 0.822. The van der Waals surface area contributed by atoms with E-state index in [9.17, 15) is 0 Å². The molecule has 4 heteroatoms. The molecule has 17 heavy (non-hydrogen) atoms. The SMILES string of the molecule is Clc1ccc(-c2ncc3cccc(Cl)n23)cc1. The highest BCUT2D eigenvalue weighted by Crippen LogP contribution is 2.24. The van der Waals surface area contributed by atoms with E-state index in [1.54, 1.807) is 6.20 Å². The quantitative estimate of drug-likeness (QED) is 0.598. The van der Waals surface area contributed by atoms with Crippen LogP contribution in [0.3, 0.4) is 0 Å². The Morgan fingerprint density at radius 2 is 1.71 bits per heavy atom. The molecule has 0 saturated carbocycles. The van der Waals surface area contributed by atoms with Gasteiger partial charge in [-0.1, -0.05) is 29.3 Å². The molecular formula is C13H8Cl2N2. The lowest BCUT2D eigenvalue weighted by atomic mass is 10.2. The van der Waals surface area contributed by atoms with Crippen molar-refractivity contribution >= 4 is 28.7 Å². The summed E-state index contributed by atoms with van der Waals surface area (Å²) in [5, 5.41) is 1.35. The van der Waals surface area contributed by atoms with E-state index in [4.69, 9.17) is 23.2 Å². The molecule has 0 bridgehead atoms. The Kier molecular flexibility index (Phi) is 2.54. The van der Waals surface area contributed by atoms with Crippen LogP contribution < -0.4 is 0 Å². The number of rotatable bonds is 1. The van der Waals surface area contributed by atoms with Crippen molar-refractivity contribution in [1.29, 1.82) is 0 Å². The number of pyridine rings is 1. The predicted molar refractivity (Wildman–Crippen MR) is 70.6 cm³/mol. The van der Waals surface area contributed by atoms with Crippen LogP contribution in [0.15, 0.2) is 48.7 Å². The van der Waals surface area contributed by atoms with Gasteiger partial charge in [0.15, 0.2) is 0 Å². The highest BCUT2D eigenvalue weighted by molar-refractivity contribution is 6.30. The van der Waals surface area contributed by atoms with Gasteiger partial charge in [-0.05, 0) is 36.4 Å². The van der Waals surface area contributed by atoms with Gasteiger partial charge >= 0.3 is 0 Å². The predicted octanol–water partition coefficient (Wildman–Crippen LogP) is 4.31. The van der Waals surface area contributed by atoms with Gasteiger partial charge in [0.25, 0.3) is 0 Å². The van der Waals surface area contributed by atoms with Crippen LogP contribution in [0.1, 0.15) is 0 Å². The molecule has 0 radical (unpaired) electrons. The molecule has 0 spiro atoms. The first-order valence-electron chi connectivity index (χ1n) is 5.13. The lowest BCUT2D eigenvalue weighted by Crippen LogP contribution is -1.90. The van der Waals surface area contributed by atoms with Crippen LogP contribution in [-0.2, 0) is 0 Å². The number of hydrogen-bond donors (Lipinski definition) is 0. The van der Waals surface area contributed by atoms with Crippen LogP contribution in [0.5, 0.6) is 0 Å². The summed E-state index contributed by atoms with van der Waals surface area (Å²) in [4.78, 5) is 4.39. The molecule has 2 heterocycles. The maximum Gasteiger partial charge on any atom is 0.145 e. The third-order valence-electron chi connectivity index (χ3n) is 2.61. The van der Waals surface area contributed by atoms with Gasteiger partial charge in [0.2, 0.25) is 0 Å². The molecule has 2 aromatic heterocycles. The summed E-state index contributed by atoms with van der Waals surface area (Å²) in [6.07, 6.45) is 1.80. The van der Waals surface area contributed by atoms with Crippen molar-refractivity contribution in [1.82, 2.24) is 9.38 Å². The largest absolute Gasteiger partial charge is 0.283 e. The standard InChI is InChI=1S/C13H8Cl2N2/c14-10-6-4-9(5-7-10)13-16-8-11-2-1-3-12(15)17(11)13/h1-8H. The molecule has 0 fully saturated rings. The fourth-order valence-corrected chi connectivity index (χ4v) is 2.19. The first-order valence-corrected chi connectivity index (χ1v) is 5.89. The van der Waals surface area contributed by atoms with Crippen LogP contribution in [0.2, 0.25) is 10.2 Å². The third kappa shape index (κ3) is 1.79. The molecule has 0 aliphatic rings. The monoisotopic (exact) mass is 262 g/mol. The number of imidazole rings is 1. The van der Waals surface area contributed by atoms with E-state index in [1.807, 2.05) is 46.9 Å². The second-order valence-electron chi connectivity index (χ2n) is 3.70. The molecule has 0 saturated heterocycles. The van der Waals surface area contributed by atoms with Crippen molar-refractivity contribution in [3.8, 4) is 11.4 Å². The van der Waals surface area contributed by atoms with Crippen molar-refractivity contribution in [2.75, 3.05) is 0 Å². The lowest BCUT2D eigenvalue weighted by molar-refractivity contribution is 1.16. The Morgan fingerprint density at radius 3 is 2.47 bits per heavy atom. The maximum absolute atomic E-state index is 6.18. The number of fused-ring (bicyclic) bond motifs is 1. The fraction of sp³-hybridized carbons (Fsp3) is 0. The number of nitrogens with zero attached hydrogens (tertiary/aromatic N) is 2. The Bertz CT molecular complexity index is 671. The minimum atomic E-state index is 0.643. The van der Waals surface area contributed by atoms with Gasteiger partial charge in [0.1, 0.15) is 11.0 Å². The number of aromatic nitrogens is 2. The second kappa shape index (κ2) is 4.06. The molecular weight excluding hydrogens is 255 g/mol. The zero-order valence-corrected chi connectivity index (χ0v) is 10.3. The summed E-state index contributed by atoms with van der Waals surface area (Å²) >= 11 is 12.1. The van der Waals surface area contributed by atoms with E-state index >= 15 is 0 Å². The molecule has 0 aliphatic heterocycles. The van der Waals surface area contributed by atoms with Gasteiger partial charge in [-0.3, -0.25) is 4.40 Å². The van der Waals surface area contributed by atoms with E-state index in [0.717, 1.165) is 16.9 Å². The smallest absolute Gasteiger partial charge is 0.145 e. The molecule has 0 N–H and O–H groups in total. The summed E-state index contributed by atoms with van der Waals surface area (Å²) in [6, 6.07) is 13.3. The number of benzene rings is 1. The molecule has 0 atom stereocenters. The van der Waals surface area contributed by atoms with E-state index in [-0.39, 0.29) is 0 Å². The molecule has 3 rings (SSSR count). The zero-order valence-electron chi connectivity index (χ0n) is 8.77. The average molecular weight is 263 g/mol. The van der Waals surface area contributed by atoms with Crippen molar-refractivity contribution < 1.29 is 0 Å². The second-order valence-corrected chi connectivity index (χ2v) is 4.52. The Morgan fingerprint density at radius 1 is 0.941 bits per heavy atom. The molecule has 0 amide bonds. The fourth-order valence-electron chi connectivity index (χ4n) is 1.81. The van der Waals surface area contributed by atoms with E-state index in [0.29, 0.717) is 10.2 Å². The highest BCUT2D eigenvalue weighted by atomic mass is 35.5. The maximum atomic E-state index is 6.18. The summed E-state index contributed by atoms with van der Waals surface area (Å²) in [6.45, 7) is 0. The van der Waals surface area contributed by atoms with Crippen LogP contribution in [0.25, 0.3) is 16.9 Å². The van der Waals surface area contributed by atoms with Crippen LogP contribution in [0, 0.1) is 0 Å². The summed E-state index contributed by atoms with van der Waals surface area (Å²) in [5.41, 5.74) is 1.96. The highest BCUT2D eigenvalue weighted by Gasteiger charge is 2.08. The normalized spacial score (nSPS) is 10.9. The minimum absolute atomic E-state index is 0.643. The van der Waals surface area contributed by atoms with Crippen molar-refractivity contribution in [3.05, 3.63) is 58.8 Å². The van der Waals surface area contributed by atoms with Crippen molar-refractivity contribution in [3.63, 3.8) is 0 Å². The summed E-state index contributed by atoms with van der Waals surface area (Å²) < 4.78 is 1.91. The Balaban J connectivity index is 2.27. The topological polar surface area (TPSA) is 17.3 Å². The van der Waals surface area contributed by atoms with E-state index in [1.165, 1.54) is 0 Å². The van der Waals surface area contributed by atoms with E-state index in [2.05, 4.69) is 4.98 Å². The van der Waals surface area contributed by atoms with E-state index < -0.39 is 0 Å². The molecule has 3 aromatic rings. The van der Waals surface area contributed by atoms with Crippen LogP contribution in [-0.4, -0.2) is 9.38 Å². The third-order valence-corrected chi connectivity index (χ3v) is 3.15. The van der Waals surface area contributed by atoms with Crippen molar-refractivity contribution in [2.45, 2.75) is 0 Å². The van der Waals surface area contributed by atoms with Gasteiger partial charge in [0.05, 0.1) is 11.7 Å². The first kappa shape index (κ1) is 10.6. The number of hydrogen-bond acceptors (Lipinski definition) is 1. The Hall–Kier alpha value is -1.51. The molecule has 84 valence electrons. The lowest BCUT2D eigenvalue weighted by Gasteiger charge is -2.03. The van der Waals surface area contributed by atoms with Gasteiger partial charge in [-0.25, -0.2) is 4.98 Å². The van der Waals surface area contributed by atoms with Gasteiger partial charge in [0, 0.05) is 10.6 Å². The molecule has 0 unspecified atom stereocenters. The zero-order chi connectivity index (χ0) is 11.8. The molecule has 0 aliphatic carbocycles. The van der Waals surface area contributed by atoms with Crippen LogP contribution in [0.4, 0.5) is 0 Å². The van der Waals surface area contributed by atoms with Crippen LogP contribution >= 0.6 is 23.2 Å². The average Bonchev–Trinajstić information content (AvgIpc) is 2.75. The summed E-state index contributed by atoms with van der Waals surface area (Å²) in [7, 11) is 0. The van der Waals surface area contributed by atoms with Crippen molar-refractivity contribution in [2.24, 2.45) is 0 Å². The van der Waals surface area contributed by atoms with Gasteiger partial charge < -0.3 is 0 Å². The number of halogens is 2. The first-order chi connectivity index (χ1) is 8.25. The molecule has 2 nitrogen and oxygen atoms in total. The van der Waals surface area contributed by atoms with Gasteiger partial charge in [-0.2, -0.15) is 0 Å². The molecule has 1 aromatic carbocycles.